The van der Waals surface area contributed by atoms with Crippen molar-refractivity contribution in [2.75, 3.05) is 37.8 Å². The van der Waals surface area contributed by atoms with Gasteiger partial charge >= 0.3 is 0 Å². The summed E-state index contributed by atoms with van der Waals surface area (Å²) in [4.78, 5) is 18.8. The Hall–Kier alpha value is -2.40. The van der Waals surface area contributed by atoms with E-state index in [2.05, 4.69) is 41.5 Å². The minimum atomic E-state index is -0.128. The average molecular weight is 326 g/mol. The number of amides is 1. The van der Waals surface area contributed by atoms with Gasteiger partial charge in [0.05, 0.1) is 0 Å². The van der Waals surface area contributed by atoms with E-state index in [1.165, 1.54) is 5.56 Å². The van der Waals surface area contributed by atoms with Gasteiger partial charge < -0.3 is 15.5 Å². The topological polar surface area (TPSA) is 57.3 Å². The Kier molecular flexibility index (Phi) is 6.32. The molecular formula is C19H26N4O. The summed E-state index contributed by atoms with van der Waals surface area (Å²) in [5.41, 5.74) is 3.77. The van der Waals surface area contributed by atoms with Gasteiger partial charge in [0.25, 0.3) is 5.91 Å². The third-order valence-corrected chi connectivity index (χ3v) is 3.88. The molecule has 1 amide bonds. The van der Waals surface area contributed by atoms with Crippen molar-refractivity contribution in [2.24, 2.45) is 0 Å². The van der Waals surface area contributed by atoms with Crippen molar-refractivity contribution >= 4 is 17.4 Å². The molecule has 0 atom stereocenters. The SMILES string of the molecule is Cc1ccc(NC(=O)c2ccnc(NCCCN(C)C)c2)cc1C. The summed E-state index contributed by atoms with van der Waals surface area (Å²) in [5, 5.41) is 6.19. The van der Waals surface area contributed by atoms with Gasteiger partial charge in [-0.25, -0.2) is 4.98 Å². The number of benzene rings is 1. The van der Waals surface area contributed by atoms with Crippen molar-refractivity contribution in [1.82, 2.24) is 9.88 Å². The van der Waals surface area contributed by atoms with Crippen LogP contribution in [0, 0.1) is 13.8 Å². The number of hydrogen-bond acceptors (Lipinski definition) is 4. The molecule has 2 aromatic rings. The first-order chi connectivity index (χ1) is 11.5. The van der Waals surface area contributed by atoms with Crippen LogP contribution >= 0.6 is 0 Å². The molecule has 0 aliphatic rings. The second-order valence-electron chi connectivity index (χ2n) is 6.27. The number of carbonyl (C=O) groups excluding carboxylic acids is 1. The van der Waals surface area contributed by atoms with Crippen LogP contribution in [0.3, 0.4) is 0 Å². The maximum absolute atomic E-state index is 12.4. The standard InChI is InChI=1S/C19H26N4O/c1-14-6-7-17(12-15(14)2)22-19(24)16-8-10-21-18(13-16)20-9-5-11-23(3)4/h6-8,10,12-13H,5,9,11H2,1-4H3,(H,20,21)(H,22,24). The molecule has 1 aromatic heterocycles. The predicted octanol–water partition coefficient (Wildman–Crippen LogP) is 3.31. The first-order valence-corrected chi connectivity index (χ1v) is 8.19. The first-order valence-electron chi connectivity index (χ1n) is 8.19. The van der Waals surface area contributed by atoms with Gasteiger partial charge in [0.2, 0.25) is 0 Å². The highest BCUT2D eigenvalue weighted by atomic mass is 16.1. The Morgan fingerprint density at radius 2 is 1.92 bits per heavy atom. The molecule has 24 heavy (non-hydrogen) atoms. The van der Waals surface area contributed by atoms with Crippen molar-refractivity contribution in [3.05, 3.63) is 53.2 Å². The molecule has 0 saturated heterocycles. The normalized spacial score (nSPS) is 10.7. The molecule has 1 heterocycles. The van der Waals surface area contributed by atoms with Crippen molar-refractivity contribution < 1.29 is 4.79 Å². The Bertz CT molecular complexity index is 698. The van der Waals surface area contributed by atoms with Crippen LogP contribution in [-0.2, 0) is 0 Å². The Morgan fingerprint density at radius 3 is 2.62 bits per heavy atom. The lowest BCUT2D eigenvalue weighted by Crippen LogP contribution is -2.17. The van der Waals surface area contributed by atoms with Crippen molar-refractivity contribution in [1.29, 1.82) is 0 Å². The lowest BCUT2D eigenvalue weighted by molar-refractivity contribution is 0.102. The van der Waals surface area contributed by atoms with Crippen LogP contribution in [0.4, 0.5) is 11.5 Å². The summed E-state index contributed by atoms with van der Waals surface area (Å²) in [7, 11) is 4.10. The van der Waals surface area contributed by atoms with Crippen LogP contribution in [0.5, 0.6) is 0 Å². The average Bonchev–Trinajstić information content (AvgIpc) is 2.55. The van der Waals surface area contributed by atoms with Crippen LogP contribution in [0.1, 0.15) is 27.9 Å². The lowest BCUT2D eigenvalue weighted by atomic mass is 10.1. The predicted molar refractivity (Wildman–Crippen MR) is 99.8 cm³/mol. The van der Waals surface area contributed by atoms with Crippen molar-refractivity contribution in [3.63, 3.8) is 0 Å². The molecule has 0 fully saturated rings. The minimum absolute atomic E-state index is 0.128. The van der Waals surface area contributed by atoms with Gasteiger partial charge in [-0.2, -0.15) is 0 Å². The zero-order chi connectivity index (χ0) is 17.5. The van der Waals surface area contributed by atoms with Crippen molar-refractivity contribution in [3.8, 4) is 0 Å². The first kappa shape index (κ1) is 17.9. The van der Waals surface area contributed by atoms with Crippen LogP contribution < -0.4 is 10.6 Å². The summed E-state index contributed by atoms with van der Waals surface area (Å²) in [6, 6.07) is 9.42. The molecule has 5 heteroatoms. The smallest absolute Gasteiger partial charge is 0.255 e. The Balaban J connectivity index is 1.96. The summed E-state index contributed by atoms with van der Waals surface area (Å²) >= 11 is 0. The van der Waals surface area contributed by atoms with E-state index in [-0.39, 0.29) is 5.91 Å². The van der Waals surface area contributed by atoms with Gasteiger partial charge in [-0.1, -0.05) is 6.07 Å². The van der Waals surface area contributed by atoms with Gasteiger partial charge in [-0.05, 0) is 76.3 Å². The van der Waals surface area contributed by atoms with Gasteiger partial charge in [-0.3, -0.25) is 4.79 Å². The number of anilines is 2. The zero-order valence-corrected chi connectivity index (χ0v) is 14.9. The maximum atomic E-state index is 12.4. The van der Waals surface area contributed by atoms with E-state index in [1.54, 1.807) is 18.3 Å². The monoisotopic (exact) mass is 326 g/mol. The molecule has 0 aliphatic heterocycles. The van der Waals surface area contributed by atoms with E-state index in [0.717, 1.165) is 36.6 Å². The molecule has 0 bridgehead atoms. The third-order valence-electron chi connectivity index (χ3n) is 3.88. The van der Waals surface area contributed by atoms with E-state index in [4.69, 9.17) is 0 Å². The number of rotatable bonds is 7. The molecule has 2 N–H and O–H groups in total. The Labute approximate surface area is 144 Å². The second kappa shape index (κ2) is 8.45. The number of aromatic nitrogens is 1. The van der Waals surface area contributed by atoms with Crippen LogP contribution in [0.15, 0.2) is 36.5 Å². The molecule has 128 valence electrons. The highest BCUT2D eigenvalue weighted by Gasteiger charge is 2.08. The summed E-state index contributed by atoms with van der Waals surface area (Å²) in [5.74, 6) is 0.596. The lowest BCUT2D eigenvalue weighted by Gasteiger charge is -2.11. The fourth-order valence-corrected chi connectivity index (χ4v) is 2.30. The third kappa shape index (κ3) is 5.35. The minimum Gasteiger partial charge on any atom is -0.370 e. The number of nitrogens with one attached hydrogen (secondary N) is 2. The molecule has 0 unspecified atom stereocenters. The van der Waals surface area contributed by atoms with E-state index in [1.807, 2.05) is 25.1 Å². The van der Waals surface area contributed by atoms with Crippen molar-refractivity contribution in [2.45, 2.75) is 20.3 Å². The van der Waals surface area contributed by atoms with Gasteiger partial charge in [0, 0.05) is 24.0 Å². The number of nitrogens with zero attached hydrogens (tertiary/aromatic N) is 2. The van der Waals surface area contributed by atoms with Crippen LogP contribution in [-0.4, -0.2) is 43.0 Å². The van der Waals surface area contributed by atoms with Gasteiger partial charge in [0.1, 0.15) is 5.82 Å². The van der Waals surface area contributed by atoms with Crippen LogP contribution in [0.25, 0.3) is 0 Å². The highest BCUT2D eigenvalue weighted by Crippen LogP contribution is 2.16. The van der Waals surface area contributed by atoms with Gasteiger partial charge in [0.15, 0.2) is 0 Å². The number of carbonyl (C=O) groups is 1. The second-order valence-corrected chi connectivity index (χ2v) is 6.27. The van der Waals surface area contributed by atoms with E-state index in [0.29, 0.717) is 5.56 Å². The molecule has 0 aliphatic carbocycles. The maximum Gasteiger partial charge on any atom is 0.255 e. The molecule has 2 rings (SSSR count). The van der Waals surface area contributed by atoms with E-state index >= 15 is 0 Å². The fourth-order valence-electron chi connectivity index (χ4n) is 2.30. The molecular weight excluding hydrogens is 300 g/mol. The highest BCUT2D eigenvalue weighted by molar-refractivity contribution is 6.04. The summed E-state index contributed by atoms with van der Waals surface area (Å²) < 4.78 is 0. The summed E-state index contributed by atoms with van der Waals surface area (Å²) in [6.45, 7) is 5.93. The zero-order valence-electron chi connectivity index (χ0n) is 14.9. The molecule has 0 spiro atoms. The fraction of sp³-hybridized carbons (Fsp3) is 0.368. The van der Waals surface area contributed by atoms with E-state index < -0.39 is 0 Å². The van der Waals surface area contributed by atoms with Gasteiger partial charge in [-0.15, -0.1) is 0 Å². The van der Waals surface area contributed by atoms with E-state index in [9.17, 15) is 4.79 Å². The molecule has 5 nitrogen and oxygen atoms in total. The quantitative estimate of drug-likeness (QED) is 0.767. The molecule has 1 aromatic carbocycles. The summed E-state index contributed by atoms with van der Waals surface area (Å²) in [6.07, 6.45) is 2.68. The molecule has 0 saturated carbocycles. The number of hydrogen-bond donors (Lipinski definition) is 2. The Morgan fingerprint density at radius 1 is 1.12 bits per heavy atom. The largest absolute Gasteiger partial charge is 0.370 e. The number of aryl methyl sites for hydroxylation is 2. The van der Waals surface area contributed by atoms with Crippen LogP contribution in [0.2, 0.25) is 0 Å². The number of pyridine rings is 1. The molecule has 0 radical (unpaired) electrons.